The van der Waals surface area contributed by atoms with E-state index < -0.39 is 9.84 Å². The summed E-state index contributed by atoms with van der Waals surface area (Å²) >= 11 is 3.31. The minimum absolute atomic E-state index is 0.0597. The van der Waals surface area contributed by atoms with E-state index in [1.807, 2.05) is 0 Å². The zero-order chi connectivity index (χ0) is 11.1. The van der Waals surface area contributed by atoms with Crippen molar-refractivity contribution < 1.29 is 13.2 Å². The molecule has 1 amide bonds. The fourth-order valence-electron chi connectivity index (χ4n) is 2.21. The maximum absolute atomic E-state index is 11.6. The molecule has 0 aromatic carbocycles. The second-order valence-electron chi connectivity index (χ2n) is 4.31. The Morgan fingerprint density at radius 2 is 2.13 bits per heavy atom. The predicted molar refractivity (Wildman–Crippen MR) is 60.7 cm³/mol. The van der Waals surface area contributed by atoms with Crippen molar-refractivity contribution in [3.8, 4) is 0 Å². The highest BCUT2D eigenvalue weighted by atomic mass is 79.9. The van der Waals surface area contributed by atoms with Crippen molar-refractivity contribution in [2.24, 2.45) is 5.92 Å². The third-order valence-corrected chi connectivity index (χ3v) is 5.72. The molecule has 2 unspecified atom stereocenters. The Kier molecular flexibility index (Phi) is 3.07. The predicted octanol–water partition coefficient (Wildman–Crippen LogP) is 0.417. The molecule has 6 heteroatoms. The van der Waals surface area contributed by atoms with Crippen LogP contribution in [0.15, 0.2) is 0 Å². The average Bonchev–Trinajstić information content (AvgIpc) is 2.63. The van der Waals surface area contributed by atoms with Crippen molar-refractivity contribution in [3.63, 3.8) is 0 Å². The van der Waals surface area contributed by atoms with Gasteiger partial charge in [-0.2, -0.15) is 0 Å². The van der Waals surface area contributed by atoms with Gasteiger partial charge in [0.1, 0.15) is 0 Å². The van der Waals surface area contributed by atoms with Gasteiger partial charge in [-0.15, -0.1) is 0 Å². The molecule has 2 aliphatic heterocycles. The number of likely N-dealkylation sites (tertiary alicyclic amines) is 1. The van der Waals surface area contributed by atoms with Crippen LogP contribution < -0.4 is 0 Å². The number of halogens is 1. The number of rotatable bonds is 2. The van der Waals surface area contributed by atoms with Crippen LogP contribution in [0.25, 0.3) is 0 Å². The average molecular weight is 296 g/mol. The van der Waals surface area contributed by atoms with E-state index >= 15 is 0 Å². The number of nitrogens with zero attached hydrogens (tertiary/aromatic N) is 1. The maximum Gasteiger partial charge on any atom is 0.236 e. The van der Waals surface area contributed by atoms with Crippen molar-refractivity contribution in [2.75, 3.05) is 24.6 Å². The molecule has 0 aromatic heterocycles. The molecule has 86 valence electrons. The Bertz CT molecular complexity index is 368. The zero-order valence-corrected chi connectivity index (χ0v) is 10.8. The van der Waals surface area contributed by atoms with Crippen LogP contribution in [-0.4, -0.2) is 48.6 Å². The standard InChI is InChI=1S/C9H14BrNO3S/c10-8-1-3-11(9(8)12)5-7-2-4-15(13,14)6-7/h7-8H,1-6H2. The number of carbonyl (C=O) groups excluding carboxylic acids is 1. The van der Waals surface area contributed by atoms with Crippen molar-refractivity contribution in [1.82, 2.24) is 4.90 Å². The van der Waals surface area contributed by atoms with Crippen LogP contribution in [0.2, 0.25) is 0 Å². The summed E-state index contributed by atoms with van der Waals surface area (Å²) in [5.74, 6) is 0.803. The Hall–Kier alpha value is -0.100. The molecule has 0 bridgehead atoms. The van der Waals surface area contributed by atoms with Crippen molar-refractivity contribution in [3.05, 3.63) is 0 Å². The normalized spacial score (nSPS) is 35.0. The monoisotopic (exact) mass is 295 g/mol. The molecule has 0 spiro atoms. The Morgan fingerprint density at radius 1 is 1.40 bits per heavy atom. The van der Waals surface area contributed by atoms with E-state index in [9.17, 15) is 13.2 Å². The molecule has 0 aromatic rings. The first-order valence-corrected chi connectivity index (χ1v) is 7.85. The minimum Gasteiger partial charge on any atom is -0.341 e. The second-order valence-corrected chi connectivity index (χ2v) is 7.64. The van der Waals surface area contributed by atoms with E-state index in [1.165, 1.54) is 0 Å². The quantitative estimate of drug-likeness (QED) is 0.694. The summed E-state index contributed by atoms with van der Waals surface area (Å²) in [5, 5.41) is 0. The van der Waals surface area contributed by atoms with Gasteiger partial charge in [0.25, 0.3) is 0 Å². The van der Waals surface area contributed by atoms with Crippen LogP contribution in [-0.2, 0) is 14.6 Å². The van der Waals surface area contributed by atoms with Gasteiger partial charge in [-0.25, -0.2) is 8.42 Å². The number of carbonyl (C=O) groups is 1. The zero-order valence-electron chi connectivity index (χ0n) is 8.36. The lowest BCUT2D eigenvalue weighted by Crippen LogP contribution is -2.33. The van der Waals surface area contributed by atoms with Gasteiger partial charge >= 0.3 is 0 Å². The summed E-state index contributed by atoms with van der Waals surface area (Å²) < 4.78 is 22.5. The second kappa shape index (κ2) is 4.05. The summed E-state index contributed by atoms with van der Waals surface area (Å²) in [7, 11) is -2.82. The molecule has 2 saturated heterocycles. The fourth-order valence-corrected chi connectivity index (χ4v) is 4.55. The first kappa shape index (κ1) is 11.4. The van der Waals surface area contributed by atoms with Crippen LogP contribution in [0.1, 0.15) is 12.8 Å². The van der Waals surface area contributed by atoms with Crippen LogP contribution >= 0.6 is 15.9 Å². The number of hydrogen-bond acceptors (Lipinski definition) is 3. The molecule has 15 heavy (non-hydrogen) atoms. The van der Waals surface area contributed by atoms with Gasteiger partial charge in [-0.1, -0.05) is 15.9 Å². The Labute approximate surface area is 98.1 Å². The number of amides is 1. The molecule has 0 radical (unpaired) electrons. The highest BCUT2D eigenvalue weighted by Gasteiger charge is 2.34. The third kappa shape index (κ3) is 2.53. The van der Waals surface area contributed by atoms with Gasteiger partial charge < -0.3 is 4.90 Å². The molecule has 0 saturated carbocycles. The van der Waals surface area contributed by atoms with Crippen LogP contribution in [0.5, 0.6) is 0 Å². The summed E-state index contributed by atoms with van der Waals surface area (Å²) in [6.07, 6.45) is 1.54. The van der Waals surface area contributed by atoms with Gasteiger partial charge in [0, 0.05) is 13.1 Å². The topological polar surface area (TPSA) is 54.5 Å². The highest BCUT2D eigenvalue weighted by molar-refractivity contribution is 9.10. The van der Waals surface area contributed by atoms with Crippen LogP contribution in [0.3, 0.4) is 0 Å². The fraction of sp³-hybridized carbons (Fsp3) is 0.889. The van der Waals surface area contributed by atoms with E-state index in [0.717, 1.165) is 13.0 Å². The minimum atomic E-state index is -2.82. The molecule has 2 fully saturated rings. The smallest absolute Gasteiger partial charge is 0.236 e. The highest BCUT2D eigenvalue weighted by Crippen LogP contribution is 2.24. The van der Waals surface area contributed by atoms with Crippen molar-refractivity contribution in [1.29, 1.82) is 0 Å². The molecule has 2 aliphatic rings. The maximum atomic E-state index is 11.6. The summed E-state index contributed by atoms with van der Waals surface area (Å²) in [6, 6.07) is 0. The third-order valence-electron chi connectivity index (χ3n) is 3.04. The first-order valence-electron chi connectivity index (χ1n) is 5.11. The van der Waals surface area contributed by atoms with Gasteiger partial charge in [0.15, 0.2) is 9.84 Å². The lowest BCUT2D eigenvalue weighted by Gasteiger charge is -2.19. The van der Waals surface area contributed by atoms with E-state index in [0.29, 0.717) is 13.0 Å². The van der Waals surface area contributed by atoms with E-state index in [1.54, 1.807) is 4.90 Å². The summed E-state index contributed by atoms with van der Waals surface area (Å²) in [5.41, 5.74) is 0. The Morgan fingerprint density at radius 3 is 2.60 bits per heavy atom. The lowest BCUT2D eigenvalue weighted by molar-refractivity contribution is -0.127. The molecule has 2 atom stereocenters. The molecule has 0 N–H and O–H groups in total. The summed E-state index contributed by atoms with van der Waals surface area (Å²) in [4.78, 5) is 13.3. The van der Waals surface area contributed by atoms with Gasteiger partial charge in [0.05, 0.1) is 16.3 Å². The SMILES string of the molecule is O=C1C(Br)CCN1CC1CCS(=O)(=O)C1. The van der Waals surface area contributed by atoms with Crippen molar-refractivity contribution in [2.45, 2.75) is 17.7 Å². The lowest BCUT2D eigenvalue weighted by atomic mass is 10.1. The Balaban J connectivity index is 1.91. The molecule has 0 aliphatic carbocycles. The van der Waals surface area contributed by atoms with E-state index in [-0.39, 0.29) is 28.2 Å². The largest absolute Gasteiger partial charge is 0.341 e. The van der Waals surface area contributed by atoms with Crippen LogP contribution in [0.4, 0.5) is 0 Å². The van der Waals surface area contributed by atoms with Crippen LogP contribution in [0, 0.1) is 5.92 Å². The molecule has 4 nitrogen and oxygen atoms in total. The van der Waals surface area contributed by atoms with Gasteiger partial charge in [0.2, 0.25) is 5.91 Å². The van der Waals surface area contributed by atoms with Gasteiger partial charge in [-0.3, -0.25) is 4.79 Å². The summed E-state index contributed by atoms with van der Waals surface area (Å²) in [6.45, 7) is 1.37. The number of hydrogen-bond donors (Lipinski definition) is 0. The van der Waals surface area contributed by atoms with Gasteiger partial charge in [-0.05, 0) is 18.8 Å². The van der Waals surface area contributed by atoms with Crippen molar-refractivity contribution >= 4 is 31.7 Å². The number of sulfone groups is 1. The number of alkyl halides is 1. The molecular formula is C9H14BrNO3S. The molecular weight excluding hydrogens is 282 g/mol. The molecule has 2 rings (SSSR count). The van der Waals surface area contributed by atoms with E-state index in [2.05, 4.69) is 15.9 Å². The molecule has 2 heterocycles. The first-order chi connectivity index (χ1) is 6.98. The van der Waals surface area contributed by atoms with E-state index in [4.69, 9.17) is 0 Å².